The molecule has 3 heterocycles. The van der Waals surface area contributed by atoms with Crippen molar-refractivity contribution in [1.82, 2.24) is 14.9 Å². The van der Waals surface area contributed by atoms with Crippen LogP contribution in [0.3, 0.4) is 0 Å². The average molecular weight is 459 g/mol. The van der Waals surface area contributed by atoms with E-state index in [1.54, 1.807) is 23.3 Å². The molecule has 1 fully saturated rings. The Balaban J connectivity index is 1.57. The van der Waals surface area contributed by atoms with E-state index in [9.17, 15) is 13.6 Å². The van der Waals surface area contributed by atoms with Crippen molar-refractivity contribution in [3.8, 4) is 0 Å². The van der Waals surface area contributed by atoms with Gasteiger partial charge < -0.3 is 15.0 Å². The summed E-state index contributed by atoms with van der Waals surface area (Å²) in [6.45, 7) is 2.08. The Hall–Kier alpha value is -2.91. The zero-order chi connectivity index (χ0) is 22.6. The van der Waals surface area contributed by atoms with E-state index in [-0.39, 0.29) is 11.1 Å². The summed E-state index contributed by atoms with van der Waals surface area (Å²) in [5.74, 6) is -2.27. The number of anilines is 1. The molecule has 3 aromatic rings. The molecule has 0 aliphatic carbocycles. The van der Waals surface area contributed by atoms with Crippen molar-refractivity contribution < 1.29 is 18.3 Å². The first-order chi connectivity index (χ1) is 15.5. The molecule has 9 heteroatoms. The number of carbonyl (C=O) groups is 1. The molecule has 1 N–H and O–H groups in total. The van der Waals surface area contributed by atoms with Gasteiger partial charge in [-0.3, -0.25) is 4.79 Å². The standard InChI is InChI=1S/C23H24F2N4O2S/c1-31-12-9-26-22-28-19(15-32-22)23(16-5-3-2-4-6-16)7-10-29(11-8-23)21(30)20-18(25)13-17(24)14-27-20/h2-6,13-15H,7-12H2,1H3,(H,26,28). The molecule has 1 saturated heterocycles. The van der Waals surface area contributed by atoms with Gasteiger partial charge in [0.1, 0.15) is 5.82 Å². The van der Waals surface area contributed by atoms with E-state index >= 15 is 0 Å². The molecule has 1 aromatic carbocycles. The lowest BCUT2D eigenvalue weighted by atomic mass is 9.70. The fraction of sp³-hybridized carbons (Fsp3) is 0.348. The monoisotopic (exact) mass is 458 g/mol. The fourth-order valence-corrected chi connectivity index (χ4v) is 4.94. The summed E-state index contributed by atoms with van der Waals surface area (Å²) >= 11 is 1.54. The first-order valence-corrected chi connectivity index (χ1v) is 11.3. The number of methoxy groups -OCH3 is 1. The summed E-state index contributed by atoms with van der Waals surface area (Å²) in [6, 6.07) is 10.8. The molecule has 0 unspecified atom stereocenters. The molecule has 0 saturated carbocycles. The van der Waals surface area contributed by atoms with Crippen molar-refractivity contribution in [3.63, 3.8) is 0 Å². The van der Waals surface area contributed by atoms with Crippen molar-refractivity contribution in [3.05, 3.63) is 76.6 Å². The first-order valence-electron chi connectivity index (χ1n) is 10.4. The lowest BCUT2D eigenvalue weighted by molar-refractivity contribution is 0.0672. The summed E-state index contributed by atoms with van der Waals surface area (Å²) in [5, 5.41) is 6.15. The lowest BCUT2D eigenvalue weighted by Gasteiger charge is -2.41. The Morgan fingerprint density at radius 1 is 1.25 bits per heavy atom. The SMILES string of the molecule is COCCNc1nc(C2(c3ccccc3)CCN(C(=O)c3ncc(F)cc3F)CC2)cs1. The Bertz CT molecular complexity index is 1070. The third-order valence-electron chi connectivity index (χ3n) is 5.82. The van der Waals surface area contributed by atoms with E-state index in [1.807, 2.05) is 18.2 Å². The van der Waals surface area contributed by atoms with Crippen molar-refractivity contribution in [2.24, 2.45) is 0 Å². The minimum Gasteiger partial charge on any atom is -0.383 e. The molecule has 0 spiro atoms. The molecule has 32 heavy (non-hydrogen) atoms. The van der Waals surface area contributed by atoms with Crippen LogP contribution < -0.4 is 5.32 Å². The number of aromatic nitrogens is 2. The summed E-state index contributed by atoms with van der Waals surface area (Å²) in [6.07, 6.45) is 2.13. The molecule has 168 valence electrons. The summed E-state index contributed by atoms with van der Waals surface area (Å²) in [5.41, 5.74) is 1.38. The minimum atomic E-state index is -0.943. The van der Waals surface area contributed by atoms with Crippen molar-refractivity contribution in [2.75, 3.05) is 38.7 Å². The average Bonchev–Trinajstić information content (AvgIpc) is 3.29. The van der Waals surface area contributed by atoms with Gasteiger partial charge in [-0.2, -0.15) is 0 Å². The minimum absolute atomic E-state index is 0.350. The number of hydrogen-bond donors (Lipinski definition) is 1. The van der Waals surface area contributed by atoms with Crippen LogP contribution in [-0.2, 0) is 10.2 Å². The predicted molar refractivity (Wildman–Crippen MR) is 119 cm³/mol. The third kappa shape index (κ3) is 4.49. The summed E-state index contributed by atoms with van der Waals surface area (Å²) in [7, 11) is 1.65. The van der Waals surface area contributed by atoms with Crippen molar-refractivity contribution in [2.45, 2.75) is 18.3 Å². The van der Waals surface area contributed by atoms with E-state index in [0.29, 0.717) is 45.1 Å². The second-order valence-corrected chi connectivity index (χ2v) is 8.54. The molecule has 1 aliphatic rings. The number of nitrogens with one attached hydrogen (secondary N) is 1. The molecule has 1 amide bonds. The highest BCUT2D eigenvalue weighted by molar-refractivity contribution is 7.13. The normalized spacial score (nSPS) is 15.5. The Labute approximate surface area is 189 Å². The highest BCUT2D eigenvalue weighted by Gasteiger charge is 2.41. The second kappa shape index (κ2) is 9.70. The number of pyridine rings is 1. The maximum absolute atomic E-state index is 14.1. The molecule has 4 rings (SSSR count). The van der Waals surface area contributed by atoms with Gasteiger partial charge in [0.2, 0.25) is 0 Å². The van der Waals surface area contributed by atoms with Crippen LogP contribution in [0.15, 0.2) is 48.0 Å². The van der Waals surface area contributed by atoms with Crippen LogP contribution >= 0.6 is 11.3 Å². The number of likely N-dealkylation sites (tertiary alicyclic amines) is 1. The number of amides is 1. The number of piperidine rings is 1. The van der Waals surface area contributed by atoms with Gasteiger partial charge in [0.25, 0.3) is 5.91 Å². The molecule has 1 aliphatic heterocycles. The molecule has 0 atom stereocenters. The smallest absolute Gasteiger partial charge is 0.275 e. The van der Waals surface area contributed by atoms with E-state index in [1.165, 1.54) is 0 Å². The Morgan fingerprint density at radius 2 is 2.00 bits per heavy atom. The van der Waals surface area contributed by atoms with Gasteiger partial charge in [-0.15, -0.1) is 11.3 Å². The molecular formula is C23H24F2N4O2S. The molecular weight excluding hydrogens is 434 g/mol. The van der Waals surface area contributed by atoms with Gasteiger partial charge in [-0.25, -0.2) is 18.7 Å². The predicted octanol–water partition coefficient (Wildman–Crippen LogP) is 4.10. The number of thiazole rings is 1. The molecule has 0 radical (unpaired) electrons. The number of carbonyl (C=O) groups excluding carboxylic acids is 1. The number of ether oxygens (including phenoxy) is 1. The zero-order valence-corrected chi connectivity index (χ0v) is 18.5. The van der Waals surface area contributed by atoms with Crippen LogP contribution in [-0.4, -0.2) is 54.1 Å². The van der Waals surface area contributed by atoms with E-state index in [2.05, 4.69) is 27.8 Å². The quantitative estimate of drug-likeness (QED) is 0.540. The largest absolute Gasteiger partial charge is 0.383 e. The van der Waals surface area contributed by atoms with Crippen molar-refractivity contribution >= 4 is 22.4 Å². The molecule has 2 aromatic heterocycles. The maximum Gasteiger partial charge on any atom is 0.275 e. The summed E-state index contributed by atoms with van der Waals surface area (Å²) < 4.78 is 32.4. The topological polar surface area (TPSA) is 67.3 Å². The van der Waals surface area contributed by atoms with Crippen LogP contribution in [0, 0.1) is 11.6 Å². The Morgan fingerprint density at radius 3 is 2.69 bits per heavy atom. The van der Waals surface area contributed by atoms with Crippen LogP contribution in [0.5, 0.6) is 0 Å². The first kappa shape index (κ1) is 22.3. The van der Waals surface area contributed by atoms with Gasteiger partial charge in [0.05, 0.1) is 18.5 Å². The summed E-state index contributed by atoms with van der Waals surface area (Å²) in [4.78, 5) is 22.9. The highest BCUT2D eigenvalue weighted by Crippen LogP contribution is 2.42. The van der Waals surface area contributed by atoms with E-state index < -0.39 is 17.5 Å². The van der Waals surface area contributed by atoms with E-state index in [4.69, 9.17) is 9.72 Å². The van der Waals surface area contributed by atoms with E-state index in [0.717, 1.165) is 22.6 Å². The fourth-order valence-electron chi connectivity index (χ4n) is 4.10. The zero-order valence-electron chi connectivity index (χ0n) is 17.7. The number of benzene rings is 1. The van der Waals surface area contributed by atoms with Gasteiger partial charge >= 0.3 is 0 Å². The molecule has 6 nitrogen and oxygen atoms in total. The van der Waals surface area contributed by atoms with Crippen LogP contribution in [0.2, 0.25) is 0 Å². The second-order valence-electron chi connectivity index (χ2n) is 7.68. The number of halogens is 2. The lowest BCUT2D eigenvalue weighted by Crippen LogP contribution is -2.46. The Kier molecular flexibility index (Phi) is 6.76. The maximum atomic E-state index is 14.1. The van der Waals surface area contributed by atoms with Crippen LogP contribution in [0.25, 0.3) is 0 Å². The molecule has 0 bridgehead atoms. The van der Waals surface area contributed by atoms with Gasteiger partial charge in [-0.05, 0) is 18.4 Å². The number of hydrogen-bond acceptors (Lipinski definition) is 6. The number of nitrogens with zero attached hydrogens (tertiary/aromatic N) is 3. The van der Waals surface area contributed by atoms with Gasteiger partial charge in [0, 0.05) is 43.6 Å². The third-order valence-corrected chi connectivity index (χ3v) is 6.62. The number of rotatable bonds is 7. The van der Waals surface area contributed by atoms with Gasteiger partial charge in [0.15, 0.2) is 16.6 Å². The van der Waals surface area contributed by atoms with Gasteiger partial charge in [-0.1, -0.05) is 30.3 Å². The van der Waals surface area contributed by atoms with Crippen LogP contribution in [0.1, 0.15) is 34.6 Å². The highest BCUT2D eigenvalue weighted by atomic mass is 32.1. The van der Waals surface area contributed by atoms with Crippen LogP contribution in [0.4, 0.5) is 13.9 Å². The van der Waals surface area contributed by atoms with Crippen molar-refractivity contribution in [1.29, 1.82) is 0 Å².